The highest BCUT2D eigenvalue weighted by atomic mass is 19.4. The topological polar surface area (TPSA) is 52.1 Å². The number of hydrogen-bond donors (Lipinski definition) is 0. The Kier molecular flexibility index (Phi) is 7.88. The van der Waals surface area contributed by atoms with Crippen molar-refractivity contribution in [1.82, 2.24) is 9.97 Å². The zero-order valence-corrected chi connectivity index (χ0v) is 18.7. The molecule has 3 rings (SSSR count). The predicted molar refractivity (Wildman–Crippen MR) is 113 cm³/mol. The molecule has 10 heteroatoms. The first kappa shape index (κ1) is 26.0. The molecule has 0 unspecified atom stereocenters. The molecular weight excluding hydrogens is 462 g/mol. The quantitative estimate of drug-likeness (QED) is 0.155. The minimum Gasteiger partial charge on any atom is -0.426 e. The molecule has 0 amide bonds. The highest BCUT2D eigenvalue weighted by molar-refractivity contribution is 5.80. The average Bonchev–Trinajstić information content (AvgIpc) is 3.55. The predicted octanol–water partition coefficient (Wildman–Crippen LogP) is 7.08. The van der Waals surface area contributed by atoms with Gasteiger partial charge < -0.3 is 4.74 Å². The number of aromatic nitrogens is 2. The first-order valence-electron chi connectivity index (χ1n) is 11.3. The number of carbonyl (C=O) groups is 1. The van der Waals surface area contributed by atoms with Crippen molar-refractivity contribution in [1.29, 1.82) is 0 Å². The van der Waals surface area contributed by atoms with E-state index in [0.717, 1.165) is 24.8 Å². The van der Waals surface area contributed by atoms with E-state index in [0.29, 0.717) is 11.4 Å². The lowest BCUT2D eigenvalue weighted by atomic mass is 10.0. The van der Waals surface area contributed by atoms with Gasteiger partial charge in [0.25, 0.3) is 0 Å². The molecule has 0 radical (unpaired) electrons. The molecule has 0 aliphatic heterocycles. The minimum atomic E-state index is -5.59. The third-order valence-electron chi connectivity index (χ3n) is 6.11. The maximum absolute atomic E-state index is 13.0. The van der Waals surface area contributed by atoms with E-state index in [2.05, 4.69) is 16.9 Å². The molecule has 0 saturated heterocycles. The summed E-state index contributed by atoms with van der Waals surface area (Å²) in [4.78, 5) is 20.6. The highest BCUT2D eigenvalue weighted by Crippen LogP contribution is 2.70. The van der Waals surface area contributed by atoms with Crippen molar-refractivity contribution >= 4 is 5.97 Å². The fourth-order valence-corrected chi connectivity index (χ4v) is 3.94. The number of rotatable bonds is 10. The van der Waals surface area contributed by atoms with Gasteiger partial charge in [0.05, 0.1) is 5.92 Å². The lowest BCUT2D eigenvalue weighted by Crippen LogP contribution is -2.42. The van der Waals surface area contributed by atoms with Crippen molar-refractivity contribution in [3.8, 4) is 17.1 Å². The Bertz CT molecular complexity index is 941. The number of alkyl halides is 6. The number of benzene rings is 1. The van der Waals surface area contributed by atoms with Gasteiger partial charge in [0.2, 0.25) is 0 Å². The molecule has 1 aromatic heterocycles. The van der Waals surface area contributed by atoms with Gasteiger partial charge in [-0.15, -0.1) is 0 Å². The molecule has 1 saturated carbocycles. The van der Waals surface area contributed by atoms with Crippen LogP contribution in [-0.4, -0.2) is 28.3 Å². The summed E-state index contributed by atoms with van der Waals surface area (Å²) < 4.78 is 82.8. The van der Waals surface area contributed by atoms with Crippen LogP contribution in [0.15, 0.2) is 36.7 Å². The second kappa shape index (κ2) is 10.3. The Labute approximate surface area is 193 Å². The molecular formula is C24H26F6N2O2. The van der Waals surface area contributed by atoms with Gasteiger partial charge in [0, 0.05) is 18.0 Å². The number of esters is 1. The number of nitrogens with zero attached hydrogens (tertiary/aromatic N) is 2. The van der Waals surface area contributed by atoms with Crippen molar-refractivity contribution in [2.45, 2.75) is 70.6 Å². The fraction of sp³-hybridized carbons (Fsp3) is 0.542. The van der Waals surface area contributed by atoms with E-state index < -0.39 is 36.1 Å². The molecule has 1 aromatic carbocycles. The number of hydrogen-bond acceptors (Lipinski definition) is 4. The summed E-state index contributed by atoms with van der Waals surface area (Å²) in [5.74, 6) is -3.62. The molecule has 1 aliphatic rings. The zero-order chi connectivity index (χ0) is 25.0. The van der Waals surface area contributed by atoms with Crippen LogP contribution in [-0.2, 0) is 11.2 Å². The Hall–Kier alpha value is -2.65. The van der Waals surface area contributed by atoms with Crippen LogP contribution >= 0.6 is 0 Å². The van der Waals surface area contributed by atoms with Gasteiger partial charge >= 0.3 is 18.3 Å². The van der Waals surface area contributed by atoms with Gasteiger partial charge in [-0.1, -0.05) is 39.0 Å². The molecule has 34 heavy (non-hydrogen) atoms. The summed E-state index contributed by atoms with van der Waals surface area (Å²) in [5.41, 5.74) is -2.47. The van der Waals surface area contributed by atoms with E-state index in [4.69, 9.17) is 4.74 Å². The van der Waals surface area contributed by atoms with Crippen molar-refractivity contribution in [2.75, 3.05) is 0 Å². The summed E-state index contributed by atoms with van der Waals surface area (Å²) in [7, 11) is 0. The lowest BCUT2D eigenvalue weighted by Gasteiger charge is -2.23. The zero-order valence-electron chi connectivity index (χ0n) is 18.7. The molecule has 1 aliphatic carbocycles. The molecule has 1 heterocycles. The molecule has 4 nitrogen and oxygen atoms in total. The summed E-state index contributed by atoms with van der Waals surface area (Å²) in [6, 6.07) is 5.54. The lowest BCUT2D eigenvalue weighted by molar-refractivity contribution is -0.305. The van der Waals surface area contributed by atoms with E-state index in [9.17, 15) is 31.1 Å². The molecule has 1 atom stereocenters. The van der Waals surface area contributed by atoms with Crippen LogP contribution in [0, 0.1) is 11.3 Å². The van der Waals surface area contributed by atoms with Gasteiger partial charge in [-0.2, -0.15) is 26.3 Å². The standard InChI is InChI=1S/C24H26F6N2O2/c1-2-3-4-5-6-7-8-16-14-31-20(32-15-16)17-9-11-18(12-10-17)34-21(33)19-13-22(19,23(25,26)27)24(28,29)30/h9-12,14-15,19H,2-8,13H2,1H3/t19-/m0/s1. The van der Waals surface area contributed by atoms with Crippen LogP contribution in [0.25, 0.3) is 11.4 Å². The summed E-state index contributed by atoms with van der Waals surface area (Å²) in [6.07, 6.45) is -1.11. The van der Waals surface area contributed by atoms with Gasteiger partial charge in [-0.25, -0.2) is 9.97 Å². The second-order valence-electron chi connectivity index (χ2n) is 8.60. The minimum absolute atomic E-state index is 0.154. The first-order valence-corrected chi connectivity index (χ1v) is 11.3. The maximum Gasteiger partial charge on any atom is 0.404 e. The molecule has 0 N–H and O–H groups in total. The number of aryl methyl sites for hydroxylation is 1. The van der Waals surface area contributed by atoms with Gasteiger partial charge in [0.1, 0.15) is 5.75 Å². The van der Waals surface area contributed by atoms with Crippen LogP contribution < -0.4 is 4.74 Å². The van der Waals surface area contributed by atoms with Crippen LogP contribution in [0.3, 0.4) is 0 Å². The van der Waals surface area contributed by atoms with Crippen LogP contribution in [0.2, 0.25) is 0 Å². The maximum atomic E-state index is 13.0. The molecule has 186 valence electrons. The first-order chi connectivity index (χ1) is 16.0. The van der Waals surface area contributed by atoms with Crippen molar-refractivity contribution in [3.05, 3.63) is 42.2 Å². The van der Waals surface area contributed by atoms with E-state index >= 15 is 0 Å². The summed E-state index contributed by atoms with van der Waals surface area (Å²) >= 11 is 0. The third kappa shape index (κ3) is 5.70. The van der Waals surface area contributed by atoms with E-state index in [-0.39, 0.29) is 5.75 Å². The number of ether oxygens (including phenoxy) is 1. The van der Waals surface area contributed by atoms with Crippen LogP contribution in [0.4, 0.5) is 26.3 Å². The summed E-state index contributed by atoms with van der Waals surface area (Å²) in [6.45, 7) is 2.17. The highest BCUT2D eigenvalue weighted by Gasteiger charge is 2.86. The summed E-state index contributed by atoms with van der Waals surface area (Å²) in [5, 5.41) is 0. The number of halogens is 6. The number of unbranched alkanes of at least 4 members (excludes halogenated alkanes) is 5. The smallest absolute Gasteiger partial charge is 0.404 e. The molecule has 0 bridgehead atoms. The fourth-order valence-electron chi connectivity index (χ4n) is 3.94. The Morgan fingerprint density at radius 1 is 0.941 bits per heavy atom. The van der Waals surface area contributed by atoms with Gasteiger partial charge in [-0.3, -0.25) is 4.79 Å². The SMILES string of the molecule is CCCCCCCCc1cnc(-c2ccc(OC(=O)[C@@H]3CC3(C(F)(F)F)C(F)(F)F)cc2)nc1. The van der Waals surface area contributed by atoms with Gasteiger partial charge in [-0.05, 0) is 49.1 Å². The molecule has 2 aromatic rings. The Morgan fingerprint density at radius 2 is 1.50 bits per heavy atom. The van der Waals surface area contributed by atoms with Gasteiger partial charge in [0.15, 0.2) is 11.2 Å². The molecule has 0 spiro atoms. The van der Waals surface area contributed by atoms with Crippen LogP contribution in [0.1, 0.15) is 57.4 Å². The average molecular weight is 488 g/mol. The number of carbonyl (C=O) groups excluding carboxylic acids is 1. The Balaban J connectivity index is 1.55. The van der Waals surface area contributed by atoms with E-state index in [1.54, 1.807) is 12.4 Å². The normalized spacial score (nSPS) is 17.4. The second-order valence-corrected chi connectivity index (χ2v) is 8.60. The van der Waals surface area contributed by atoms with E-state index in [1.807, 2.05) is 0 Å². The van der Waals surface area contributed by atoms with Crippen LogP contribution in [0.5, 0.6) is 5.75 Å². The van der Waals surface area contributed by atoms with E-state index in [1.165, 1.54) is 49.9 Å². The third-order valence-corrected chi connectivity index (χ3v) is 6.11. The van der Waals surface area contributed by atoms with Crippen molar-refractivity contribution in [3.63, 3.8) is 0 Å². The van der Waals surface area contributed by atoms with Crippen molar-refractivity contribution < 1.29 is 35.9 Å². The Morgan fingerprint density at radius 3 is 2.03 bits per heavy atom. The van der Waals surface area contributed by atoms with Crippen molar-refractivity contribution in [2.24, 2.45) is 11.3 Å². The molecule has 1 fully saturated rings. The largest absolute Gasteiger partial charge is 0.426 e. The monoisotopic (exact) mass is 488 g/mol.